The Morgan fingerprint density at radius 2 is 2.04 bits per heavy atom. The van der Waals surface area contributed by atoms with Crippen LogP contribution in [0.5, 0.6) is 11.5 Å². The lowest BCUT2D eigenvalue weighted by Gasteiger charge is -2.13. The Kier molecular flexibility index (Phi) is 5.80. The average molecular weight is 343 g/mol. The highest BCUT2D eigenvalue weighted by atomic mass is 32.2. The van der Waals surface area contributed by atoms with Crippen molar-refractivity contribution in [2.24, 2.45) is 0 Å². The van der Waals surface area contributed by atoms with E-state index >= 15 is 0 Å². The van der Waals surface area contributed by atoms with E-state index in [0.29, 0.717) is 0 Å². The summed E-state index contributed by atoms with van der Waals surface area (Å²) in [6, 6.07) is 15.3. The first kappa shape index (κ1) is 16.9. The van der Waals surface area contributed by atoms with Crippen LogP contribution in [0.1, 0.15) is 17.2 Å². The summed E-state index contributed by atoms with van der Waals surface area (Å²) in [6.07, 6.45) is 1.49. The molecule has 0 amide bonds. The maximum atomic E-state index is 10.2. The predicted molar refractivity (Wildman–Crippen MR) is 98.3 cm³/mol. The lowest BCUT2D eigenvalue weighted by atomic mass is 10.1. The zero-order chi connectivity index (χ0) is 16.8. The van der Waals surface area contributed by atoms with Gasteiger partial charge in [-0.3, -0.25) is 0 Å². The fourth-order valence-corrected chi connectivity index (χ4v) is 3.24. The highest BCUT2D eigenvalue weighted by Gasteiger charge is 2.10. The summed E-state index contributed by atoms with van der Waals surface area (Å²) in [6.45, 7) is 1.14. The monoisotopic (exact) mass is 343 g/mol. The molecule has 2 aromatic rings. The zero-order valence-corrected chi connectivity index (χ0v) is 14.4. The van der Waals surface area contributed by atoms with Crippen molar-refractivity contribution in [3.63, 3.8) is 0 Å². The smallest absolute Gasteiger partial charge is 0.119 e. The fourth-order valence-electron chi connectivity index (χ4n) is 2.43. The number of aliphatic hydroxyl groups is 1. The van der Waals surface area contributed by atoms with Crippen LogP contribution in [0.3, 0.4) is 0 Å². The molecule has 2 aromatic carbocycles. The quantitative estimate of drug-likeness (QED) is 0.841. The molecule has 5 heteroatoms. The van der Waals surface area contributed by atoms with Crippen molar-refractivity contribution >= 4 is 17.8 Å². The second-order valence-corrected chi connectivity index (χ2v) is 6.60. The van der Waals surface area contributed by atoms with Gasteiger partial charge >= 0.3 is 0 Å². The third-order valence-electron chi connectivity index (χ3n) is 3.75. The van der Waals surface area contributed by atoms with Gasteiger partial charge in [0.15, 0.2) is 0 Å². The molecule has 1 heterocycles. The predicted octanol–water partition coefficient (Wildman–Crippen LogP) is 3.44. The lowest BCUT2D eigenvalue weighted by molar-refractivity contribution is 0.108. The number of rotatable bonds is 6. The molecule has 0 bridgehead atoms. The van der Waals surface area contributed by atoms with Gasteiger partial charge < -0.3 is 19.9 Å². The highest BCUT2D eigenvalue weighted by Crippen LogP contribution is 2.24. The summed E-state index contributed by atoms with van der Waals surface area (Å²) in [7, 11) is 1.61. The fraction of sp³-hybridized carbons (Fsp3) is 0.263. The van der Waals surface area contributed by atoms with Crippen LogP contribution in [0.15, 0.2) is 53.4 Å². The van der Waals surface area contributed by atoms with Gasteiger partial charge in [-0.15, -0.1) is 11.8 Å². The van der Waals surface area contributed by atoms with Crippen molar-refractivity contribution in [1.29, 1.82) is 0 Å². The van der Waals surface area contributed by atoms with Crippen molar-refractivity contribution in [1.82, 2.24) is 5.32 Å². The van der Waals surface area contributed by atoms with Crippen LogP contribution in [0.2, 0.25) is 0 Å². The Labute approximate surface area is 146 Å². The number of ether oxygens (including phenoxy) is 2. The molecule has 126 valence electrons. The van der Waals surface area contributed by atoms with Crippen LogP contribution >= 0.6 is 11.8 Å². The highest BCUT2D eigenvalue weighted by molar-refractivity contribution is 8.03. The summed E-state index contributed by atoms with van der Waals surface area (Å²) in [5, 5.41) is 13.5. The third kappa shape index (κ3) is 4.54. The van der Waals surface area contributed by atoms with E-state index in [9.17, 15) is 5.11 Å². The molecule has 0 saturated carbocycles. The molecule has 0 aromatic heterocycles. The van der Waals surface area contributed by atoms with Gasteiger partial charge in [0, 0.05) is 17.3 Å². The summed E-state index contributed by atoms with van der Waals surface area (Å²) < 4.78 is 10.9. The van der Waals surface area contributed by atoms with E-state index in [1.807, 2.05) is 60.3 Å². The number of hydrogen-bond donors (Lipinski definition) is 2. The normalized spacial score (nSPS) is 17.0. The molecule has 1 aliphatic heterocycles. The number of hydrogen-bond acceptors (Lipinski definition) is 5. The number of thioether (sulfide) groups is 1. The average Bonchev–Trinajstić information content (AvgIpc) is 3.14. The second kappa shape index (κ2) is 8.24. The van der Waals surface area contributed by atoms with Crippen molar-refractivity contribution in [2.75, 3.05) is 26.1 Å². The van der Waals surface area contributed by atoms with Crippen LogP contribution in [-0.2, 0) is 0 Å². The van der Waals surface area contributed by atoms with Gasteiger partial charge in [-0.05, 0) is 41.5 Å². The molecule has 2 N–H and O–H groups in total. The Morgan fingerprint density at radius 1 is 1.21 bits per heavy atom. The molecule has 1 saturated heterocycles. The molecule has 1 atom stereocenters. The molecule has 0 spiro atoms. The van der Waals surface area contributed by atoms with Gasteiger partial charge in [-0.1, -0.05) is 24.3 Å². The van der Waals surface area contributed by atoms with E-state index in [1.54, 1.807) is 7.11 Å². The van der Waals surface area contributed by atoms with Crippen LogP contribution in [0.25, 0.3) is 6.08 Å². The number of methoxy groups -OCH3 is 1. The van der Waals surface area contributed by atoms with Crippen LogP contribution in [0, 0.1) is 0 Å². The largest absolute Gasteiger partial charge is 0.497 e. The molecule has 1 aliphatic rings. The standard InChI is InChI=1S/C19H21NO3S/c1-22-17-4-2-3-15(10-17)19(21)12-23-16-7-5-14(6-8-16)9-18-11-20-13-24-18/h2-10,19-21H,11-13H2,1H3. The summed E-state index contributed by atoms with van der Waals surface area (Å²) in [5.74, 6) is 2.45. The van der Waals surface area contributed by atoms with Crippen molar-refractivity contribution in [3.05, 3.63) is 64.6 Å². The first-order valence-electron chi connectivity index (χ1n) is 7.83. The molecular weight excluding hydrogens is 322 g/mol. The minimum absolute atomic E-state index is 0.202. The van der Waals surface area contributed by atoms with Crippen molar-refractivity contribution in [3.8, 4) is 11.5 Å². The minimum atomic E-state index is -0.692. The number of benzene rings is 2. The number of aliphatic hydroxyl groups excluding tert-OH is 1. The van der Waals surface area contributed by atoms with Crippen molar-refractivity contribution < 1.29 is 14.6 Å². The topological polar surface area (TPSA) is 50.7 Å². The molecular formula is C19H21NO3S. The maximum Gasteiger partial charge on any atom is 0.119 e. The Bertz CT molecular complexity index is 692. The minimum Gasteiger partial charge on any atom is -0.497 e. The molecule has 4 nitrogen and oxygen atoms in total. The summed E-state index contributed by atoms with van der Waals surface area (Å²) in [5.41, 5.74) is 1.93. The van der Waals surface area contributed by atoms with Gasteiger partial charge in [-0.2, -0.15) is 0 Å². The van der Waals surface area contributed by atoms with Gasteiger partial charge in [0.05, 0.1) is 7.11 Å². The van der Waals surface area contributed by atoms with Gasteiger partial charge in [-0.25, -0.2) is 0 Å². The van der Waals surface area contributed by atoms with Crippen molar-refractivity contribution in [2.45, 2.75) is 6.10 Å². The summed E-state index contributed by atoms with van der Waals surface area (Å²) >= 11 is 1.83. The van der Waals surface area contributed by atoms with Gasteiger partial charge in [0.2, 0.25) is 0 Å². The molecule has 3 rings (SSSR count). The molecule has 0 radical (unpaired) electrons. The van der Waals surface area contributed by atoms with Gasteiger partial charge in [0.25, 0.3) is 0 Å². The van der Waals surface area contributed by atoms with E-state index in [0.717, 1.165) is 35.0 Å². The van der Waals surface area contributed by atoms with Gasteiger partial charge in [0.1, 0.15) is 24.2 Å². The first-order chi connectivity index (χ1) is 11.7. The Hall–Kier alpha value is -1.95. The van der Waals surface area contributed by atoms with Crippen LogP contribution < -0.4 is 14.8 Å². The number of nitrogens with one attached hydrogen (secondary N) is 1. The Balaban J connectivity index is 1.56. The van der Waals surface area contributed by atoms with E-state index in [1.165, 1.54) is 4.91 Å². The van der Waals surface area contributed by atoms with E-state index in [4.69, 9.17) is 9.47 Å². The zero-order valence-electron chi connectivity index (χ0n) is 13.6. The van der Waals surface area contributed by atoms with Crippen LogP contribution in [0.4, 0.5) is 0 Å². The second-order valence-electron chi connectivity index (χ2n) is 5.50. The maximum absolute atomic E-state index is 10.2. The third-order valence-corrected chi connectivity index (χ3v) is 4.73. The molecule has 0 aliphatic carbocycles. The van der Waals surface area contributed by atoms with Crippen LogP contribution in [-0.4, -0.2) is 31.2 Å². The molecule has 1 fully saturated rings. The summed E-state index contributed by atoms with van der Waals surface area (Å²) in [4.78, 5) is 1.34. The Morgan fingerprint density at radius 3 is 2.75 bits per heavy atom. The van der Waals surface area contributed by atoms with E-state index < -0.39 is 6.10 Å². The van der Waals surface area contributed by atoms with E-state index in [-0.39, 0.29) is 6.61 Å². The lowest BCUT2D eigenvalue weighted by Crippen LogP contribution is -2.09. The van der Waals surface area contributed by atoms with E-state index in [2.05, 4.69) is 11.4 Å². The molecule has 1 unspecified atom stereocenters. The molecule has 24 heavy (non-hydrogen) atoms. The first-order valence-corrected chi connectivity index (χ1v) is 8.82. The SMILES string of the molecule is COc1cccc(C(O)COc2ccc(C=C3CNCS3)cc2)c1.